The van der Waals surface area contributed by atoms with Gasteiger partial charge in [-0.1, -0.05) is 17.7 Å². The van der Waals surface area contributed by atoms with Crippen LogP contribution in [0.2, 0.25) is 0 Å². The van der Waals surface area contributed by atoms with Crippen LogP contribution < -0.4 is 11.1 Å². The van der Waals surface area contributed by atoms with E-state index in [0.29, 0.717) is 12.5 Å². The lowest BCUT2D eigenvalue weighted by Crippen LogP contribution is -2.32. The van der Waals surface area contributed by atoms with Crippen LogP contribution in [0.15, 0.2) is 41.0 Å². The van der Waals surface area contributed by atoms with Crippen LogP contribution in [0.25, 0.3) is 0 Å². The minimum atomic E-state index is 0. The first kappa shape index (κ1) is 17.9. The van der Waals surface area contributed by atoms with Crippen molar-refractivity contribution in [2.75, 3.05) is 13.1 Å². The van der Waals surface area contributed by atoms with Gasteiger partial charge in [-0.3, -0.25) is 9.98 Å². The predicted molar refractivity (Wildman–Crippen MR) is 99.0 cm³/mol. The summed E-state index contributed by atoms with van der Waals surface area (Å²) in [6.45, 7) is 1.56. The van der Waals surface area contributed by atoms with Crippen molar-refractivity contribution in [2.45, 2.75) is 38.5 Å². The molecule has 0 aromatic carbocycles. The molecule has 0 saturated carbocycles. The van der Waals surface area contributed by atoms with E-state index in [0.717, 1.165) is 25.1 Å². The normalized spacial score (nSPS) is 15.0. The molecule has 1 aliphatic rings. The van der Waals surface area contributed by atoms with E-state index in [9.17, 15) is 0 Å². The molecule has 0 atom stereocenters. The largest absolute Gasteiger partial charge is 0.370 e. The molecule has 4 nitrogen and oxygen atoms in total. The van der Waals surface area contributed by atoms with Crippen molar-refractivity contribution >= 4 is 29.9 Å². The number of allylic oxidation sites excluding steroid dienone is 1. The quantitative estimate of drug-likeness (QED) is 0.334. The molecule has 0 unspecified atom stereocenters. The Morgan fingerprint density at radius 3 is 2.90 bits per heavy atom. The van der Waals surface area contributed by atoms with E-state index in [-0.39, 0.29) is 24.0 Å². The van der Waals surface area contributed by atoms with Gasteiger partial charge < -0.3 is 11.1 Å². The highest BCUT2D eigenvalue weighted by Gasteiger charge is 2.03. The molecule has 1 aromatic rings. The fourth-order valence-corrected chi connectivity index (χ4v) is 2.38. The minimum Gasteiger partial charge on any atom is -0.370 e. The Morgan fingerprint density at radius 2 is 2.19 bits per heavy atom. The van der Waals surface area contributed by atoms with Crippen molar-refractivity contribution in [1.82, 2.24) is 10.3 Å². The number of guanidine groups is 1. The first-order chi connectivity index (χ1) is 9.84. The van der Waals surface area contributed by atoms with Crippen LogP contribution in [-0.4, -0.2) is 24.0 Å². The van der Waals surface area contributed by atoms with Crippen molar-refractivity contribution in [3.63, 3.8) is 0 Å². The van der Waals surface area contributed by atoms with E-state index < -0.39 is 0 Å². The van der Waals surface area contributed by atoms with Crippen molar-refractivity contribution in [3.8, 4) is 0 Å². The Hall–Kier alpha value is -1.11. The van der Waals surface area contributed by atoms with Crippen LogP contribution in [0.4, 0.5) is 0 Å². The fraction of sp³-hybridized carbons (Fsp3) is 0.500. The van der Waals surface area contributed by atoms with Gasteiger partial charge in [-0.15, -0.1) is 24.0 Å². The van der Waals surface area contributed by atoms with Gasteiger partial charge in [0.05, 0.1) is 0 Å². The molecule has 1 heterocycles. The monoisotopic (exact) mass is 400 g/mol. The maximum absolute atomic E-state index is 5.85. The zero-order chi connectivity index (χ0) is 14.0. The van der Waals surface area contributed by atoms with Crippen LogP contribution in [0.3, 0.4) is 0 Å². The molecular formula is C16H25IN4. The Kier molecular flexibility index (Phi) is 9.05. The average molecular weight is 400 g/mol. The summed E-state index contributed by atoms with van der Waals surface area (Å²) in [6, 6.07) is 5.92. The molecular weight excluding hydrogens is 375 g/mol. The Balaban J connectivity index is 0.00000220. The number of rotatable bonds is 6. The summed E-state index contributed by atoms with van der Waals surface area (Å²) in [4.78, 5) is 8.59. The molecule has 116 valence electrons. The second-order valence-electron chi connectivity index (χ2n) is 5.12. The maximum Gasteiger partial charge on any atom is 0.188 e. The molecule has 0 radical (unpaired) electrons. The van der Waals surface area contributed by atoms with Crippen LogP contribution in [-0.2, 0) is 6.42 Å². The number of halogens is 1. The third-order valence-electron chi connectivity index (χ3n) is 3.51. The Morgan fingerprint density at radius 1 is 1.29 bits per heavy atom. The molecule has 0 fully saturated rings. The van der Waals surface area contributed by atoms with Gasteiger partial charge in [0.15, 0.2) is 5.96 Å². The fourth-order valence-electron chi connectivity index (χ4n) is 2.38. The SMILES string of the molecule is I.NC(=NCCc1ccccn1)NCCC1=CCCCC1. The van der Waals surface area contributed by atoms with Crippen molar-refractivity contribution in [2.24, 2.45) is 10.7 Å². The topological polar surface area (TPSA) is 63.3 Å². The molecule has 2 rings (SSSR count). The lowest BCUT2D eigenvalue weighted by atomic mass is 9.97. The lowest BCUT2D eigenvalue weighted by molar-refractivity contribution is 0.668. The molecule has 0 saturated heterocycles. The number of nitrogens with two attached hydrogens (primary N) is 1. The van der Waals surface area contributed by atoms with E-state index >= 15 is 0 Å². The molecule has 21 heavy (non-hydrogen) atoms. The zero-order valence-electron chi connectivity index (χ0n) is 12.4. The first-order valence-electron chi connectivity index (χ1n) is 7.46. The van der Waals surface area contributed by atoms with Crippen molar-refractivity contribution < 1.29 is 0 Å². The number of nitrogens with one attached hydrogen (secondary N) is 1. The highest BCUT2D eigenvalue weighted by atomic mass is 127. The number of hydrogen-bond donors (Lipinski definition) is 2. The van der Waals surface area contributed by atoms with Crippen molar-refractivity contribution in [1.29, 1.82) is 0 Å². The number of aliphatic imine (C=N–C) groups is 1. The summed E-state index contributed by atoms with van der Waals surface area (Å²) >= 11 is 0. The highest BCUT2D eigenvalue weighted by molar-refractivity contribution is 14.0. The van der Waals surface area contributed by atoms with Gasteiger partial charge in [0.25, 0.3) is 0 Å². The molecule has 1 aromatic heterocycles. The zero-order valence-corrected chi connectivity index (χ0v) is 14.8. The second-order valence-corrected chi connectivity index (χ2v) is 5.12. The average Bonchev–Trinajstić information content (AvgIpc) is 2.49. The first-order valence-corrected chi connectivity index (χ1v) is 7.46. The van der Waals surface area contributed by atoms with Crippen LogP contribution >= 0.6 is 24.0 Å². The standard InChI is InChI=1S/C16H24N4.HI/c17-16(19-12-9-14-6-2-1-3-7-14)20-13-10-15-8-4-5-11-18-15;/h4-6,8,11H,1-3,7,9-10,12-13H2,(H3,17,19,20);1H. The van der Waals surface area contributed by atoms with Gasteiger partial charge in [-0.25, -0.2) is 0 Å². The molecule has 3 N–H and O–H groups in total. The summed E-state index contributed by atoms with van der Waals surface area (Å²) in [5.74, 6) is 0.539. The van der Waals surface area contributed by atoms with E-state index in [4.69, 9.17) is 5.73 Å². The molecule has 5 heteroatoms. The van der Waals surface area contributed by atoms with E-state index in [1.54, 1.807) is 11.8 Å². The van der Waals surface area contributed by atoms with Gasteiger partial charge in [0, 0.05) is 31.4 Å². The number of nitrogens with zero attached hydrogens (tertiary/aromatic N) is 2. The lowest BCUT2D eigenvalue weighted by Gasteiger charge is -2.13. The number of aromatic nitrogens is 1. The Bertz CT molecular complexity index is 457. The molecule has 0 aliphatic heterocycles. The van der Waals surface area contributed by atoms with Gasteiger partial charge in [-0.2, -0.15) is 0 Å². The van der Waals surface area contributed by atoms with Gasteiger partial charge in [-0.05, 0) is 44.2 Å². The molecule has 0 bridgehead atoms. The van der Waals surface area contributed by atoms with Gasteiger partial charge >= 0.3 is 0 Å². The van der Waals surface area contributed by atoms with Crippen LogP contribution in [0, 0.1) is 0 Å². The van der Waals surface area contributed by atoms with Crippen molar-refractivity contribution in [3.05, 3.63) is 41.7 Å². The summed E-state index contributed by atoms with van der Waals surface area (Å²) in [5.41, 5.74) is 8.46. The molecule has 1 aliphatic carbocycles. The van der Waals surface area contributed by atoms with E-state index in [1.807, 2.05) is 18.2 Å². The minimum absolute atomic E-state index is 0. The summed E-state index contributed by atoms with van der Waals surface area (Å²) < 4.78 is 0. The smallest absolute Gasteiger partial charge is 0.188 e. The predicted octanol–water partition coefficient (Wildman–Crippen LogP) is 3.04. The van der Waals surface area contributed by atoms with E-state index in [2.05, 4.69) is 21.4 Å². The van der Waals surface area contributed by atoms with Crippen LogP contribution in [0.5, 0.6) is 0 Å². The van der Waals surface area contributed by atoms with Gasteiger partial charge in [0.1, 0.15) is 0 Å². The van der Waals surface area contributed by atoms with Gasteiger partial charge in [0.2, 0.25) is 0 Å². The summed E-state index contributed by atoms with van der Waals surface area (Å²) in [6.07, 6.45) is 11.2. The Labute approximate surface area is 144 Å². The molecule has 0 spiro atoms. The summed E-state index contributed by atoms with van der Waals surface area (Å²) in [7, 11) is 0. The highest BCUT2D eigenvalue weighted by Crippen LogP contribution is 2.19. The van der Waals surface area contributed by atoms with Crippen LogP contribution in [0.1, 0.15) is 37.8 Å². The second kappa shape index (κ2) is 10.6. The third kappa shape index (κ3) is 7.45. The van der Waals surface area contributed by atoms with E-state index in [1.165, 1.54) is 25.7 Å². The maximum atomic E-state index is 5.85. The third-order valence-corrected chi connectivity index (χ3v) is 3.51. The molecule has 0 amide bonds. The number of hydrogen-bond acceptors (Lipinski definition) is 2. The summed E-state index contributed by atoms with van der Waals surface area (Å²) in [5, 5.41) is 3.18. The number of pyridine rings is 1.